The second kappa shape index (κ2) is 20.3. The van der Waals surface area contributed by atoms with Crippen molar-refractivity contribution in [1.82, 2.24) is 30.0 Å². The number of nitrogens with zero attached hydrogens (tertiary/aromatic N) is 8. The molecule has 5 aliphatic rings. The van der Waals surface area contributed by atoms with E-state index in [1.807, 2.05) is 30.5 Å². The second-order valence-corrected chi connectivity index (χ2v) is 19.7. The third-order valence-electron chi connectivity index (χ3n) is 14.3. The van der Waals surface area contributed by atoms with E-state index < -0.39 is 0 Å². The lowest BCUT2D eigenvalue weighted by atomic mass is 9.92. The van der Waals surface area contributed by atoms with Gasteiger partial charge >= 0.3 is 0 Å². The van der Waals surface area contributed by atoms with Crippen LogP contribution in [0.25, 0.3) is 5.70 Å². The number of halogens is 2. The van der Waals surface area contributed by atoms with Crippen molar-refractivity contribution in [3.63, 3.8) is 0 Å². The van der Waals surface area contributed by atoms with E-state index in [-0.39, 0.29) is 11.9 Å². The first kappa shape index (κ1) is 45.9. The highest BCUT2D eigenvalue weighted by Gasteiger charge is 2.31. The summed E-state index contributed by atoms with van der Waals surface area (Å²) in [7, 11) is 0. The first-order valence-corrected chi connectivity index (χ1v) is 25.2. The Morgan fingerprint density at radius 2 is 1.77 bits per heavy atom. The number of benzene rings is 3. The van der Waals surface area contributed by atoms with Crippen molar-refractivity contribution in [1.29, 1.82) is 0 Å². The lowest BCUT2D eigenvalue weighted by Crippen LogP contribution is -2.53. The van der Waals surface area contributed by atoms with E-state index >= 15 is 4.39 Å². The zero-order valence-corrected chi connectivity index (χ0v) is 40.2. The number of piperidine rings is 2. The summed E-state index contributed by atoms with van der Waals surface area (Å²) in [5.41, 5.74) is 11.2. The average Bonchev–Trinajstić information content (AvgIpc) is 3.74. The summed E-state index contributed by atoms with van der Waals surface area (Å²) in [4.78, 5) is 21.2. The summed E-state index contributed by atoms with van der Waals surface area (Å²) < 4.78 is 18.0. The summed E-state index contributed by atoms with van der Waals surface area (Å²) in [5, 5.41) is 10.3. The number of aromatic nitrogens is 2. The van der Waals surface area contributed by atoms with Gasteiger partial charge in [0.2, 0.25) is 5.95 Å². The van der Waals surface area contributed by atoms with Gasteiger partial charge in [0, 0.05) is 105 Å². The van der Waals surface area contributed by atoms with E-state index in [2.05, 4.69) is 118 Å². The van der Waals surface area contributed by atoms with E-state index in [4.69, 9.17) is 11.6 Å². The third-order valence-corrected chi connectivity index (χ3v) is 15.4. The number of nitrogens with one attached hydrogen (secondary N) is 3. The molecule has 0 bridgehead atoms. The molecule has 11 nitrogen and oxygen atoms in total. The van der Waals surface area contributed by atoms with Crippen LogP contribution in [-0.2, 0) is 6.42 Å². The molecule has 0 radical (unpaired) electrons. The van der Waals surface area contributed by atoms with E-state index in [1.54, 1.807) is 18.1 Å². The largest absolute Gasteiger partial charge is 0.371 e. The normalized spacial score (nSPS) is 19.6. The van der Waals surface area contributed by atoms with Gasteiger partial charge in [-0.15, -0.1) is 0 Å². The molecule has 3 N–H and O–H groups in total. The number of rotatable bonds is 16. The van der Waals surface area contributed by atoms with Crippen molar-refractivity contribution in [2.24, 2.45) is 5.92 Å². The minimum absolute atomic E-state index is 0.115. The molecule has 1 unspecified atom stereocenters. The van der Waals surface area contributed by atoms with Crippen LogP contribution in [0.3, 0.4) is 0 Å². The van der Waals surface area contributed by atoms with Crippen molar-refractivity contribution in [3.05, 3.63) is 132 Å². The molecule has 5 aliphatic heterocycles. The maximum absolute atomic E-state index is 15.7. The Balaban J connectivity index is 0.681. The molecule has 9 rings (SSSR count). The molecule has 14 heteroatoms. The Labute approximate surface area is 400 Å². The summed E-state index contributed by atoms with van der Waals surface area (Å²) in [6.07, 6.45) is 13.0. The van der Waals surface area contributed by atoms with E-state index in [0.717, 1.165) is 131 Å². The smallest absolute Gasteiger partial charge is 0.229 e. The third kappa shape index (κ3) is 10.0. The lowest BCUT2D eigenvalue weighted by Gasteiger charge is -2.44. The van der Waals surface area contributed by atoms with E-state index in [1.165, 1.54) is 42.3 Å². The summed E-state index contributed by atoms with van der Waals surface area (Å²) in [6.45, 7) is 29.6. The highest BCUT2D eigenvalue weighted by Crippen LogP contribution is 2.41. The molecule has 3 aromatic carbocycles. The molecule has 0 spiro atoms. The maximum Gasteiger partial charge on any atom is 0.229 e. The molecule has 0 aliphatic carbocycles. The number of hydrogen-bond acceptors (Lipinski definition) is 12. The van der Waals surface area contributed by atoms with Gasteiger partial charge in [-0.25, -0.2) is 9.37 Å². The monoisotopic (exact) mass is 929 g/mol. The Bertz CT molecular complexity index is 2440. The molecule has 1 atom stereocenters. The zero-order chi connectivity index (χ0) is 45.9. The molecule has 4 aromatic rings. The number of allylic oxidation sites excluding steroid dienone is 1. The number of fused-ring (bicyclic) bond motifs is 1. The van der Waals surface area contributed by atoms with Crippen molar-refractivity contribution < 1.29 is 4.39 Å². The van der Waals surface area contributed by atoms with Crippen LogP contribution in [0.5, 0.6) is 0 Å². The molecular formula is C52H65ClFN11S. The standard InChI is InChI=1S/C52H65ClFN11S/c1-7-64(48-17-13-36(3)56-37(48)4)38(5)44-16-15-43(30-35(44)2)63-33-39(34-63)10-9-22-60-26-28-61(29-27-60)42-20-23-62(24-21-42)49-18-14-41(31-46(49)54)57-52-55-32-45(53)51(59-52)58-47-12-8-11-40-19-25-65(66-6)50(40)47/h7-8,11-12,14-16,18,30-32,39,42,48,56H,1,3-5,9-10,13,17,19-29,33-34H2,2,6H3,(H2,55,57,58,59). The van der Waals surface area contributed by atoms with Crippen molar-refractivity contribution in [3.8, 4) is 0 Å². The first-order chi connectivity index (χ1) is 32.0. The maximum atomic E-state index is 15.7. The van der Waals surface area contributed by atoms with Gasteiger partial charge in [-0.2, -0.15) is 4.98 Å². The highest BCUT2D eigenvalue weighted by atomic mass is 35.5. The minimum atomic E-state index is -0.249. The number of hydrogen-bond donors (Lipinski definition) is 3. The molecule has 1 aromatic heterocycles. The van der Waals surface area contributed by atoms with Crippen LogP contribution in [0.2, 0.25) is 5.02 Å². The number of piperazine rings is 1. The quantitative estimate of drug-likeness (QED) is 0.0937. The fraction of sp³-hybridized carbons (Fsp3) is 0.423. The van der Waals surface area contributed by atoms with Crippen molar-refractivity contribution >= 4 is 69.4 Å². The van der Waals surface area contributed by atoms with Gasteiger partial charge < -0.3 is 39.9 Å². The van der Waals surface area contributed by atoms with Crippen LogP contribution in [0.1, 0.15) is 55.2 Å². The fourth-order valence-corrected chi connectivity index (χ4v) is 11.4. The molecule has 348 valence electrons. The summed E-state index contributed by atoms with van der Waals surface area (Å²) >= 11 is 8.25. The lowest BCUT2D eigenvalue weighted by molar-refractivity contribution is 0.0830. The minimum Gasteiger partial charge on any atom is -0.371 e. The van der Waals surface area contributed by atoms with Gasteiger partial charge in [0.05, 0.1) is 29.3 Å². The molecule has 66 heavy (non-hydrogen) atoms. The van der Waals surface area contributed by atoms with Gasteiger partial charge in [-0.1, -0.05) is 68.1 Å². The second-order valence-electron chi connectivity index (χ2n) is 18.5. The Hall–Kier alpha value is -5.21. The summed E-state index contributed by atoms with van der Waals surface area (Å²) in [6, 6.07) is 19.0. The molecule has 0 saturated carbocycles. The number of anilines is 7. The predicted molar refractivity (Wildman–Crippen MR) is 276 cm³/mol. The van der Waals surface area contributed by atoms with Crippen molar-refractivity contribution in [2.45, 2.75) is 64.0 Å². The molecule has 6 heterocycles. The Morgan fingerprint density at radius 1 is 0.970 bits per heavy atom. The SMILES string of the molecule is C=CN(C(=C)c1ccc(N2CC(CCCN3CCN(C4CCN(c5ccc(Nc6ncc(Cl)c(Nc7cccc8c7N(SC)CC8)n6)cc5F)CC4)CC3)C2)cc1C)C1CCC(=C)NC1=C. The summed E-state index contributed by atoms with van der Waals surface area (Å²) in [5.74, 6) is 1.34. The molecule has 0 amide bonds. The van der Waals surface area contributed by atoms with Gasteiger partial charge in [0.1, 0.15) is 10.8 Å². The highest BCUT2D eigenvalue weighted by molar-refractivity contribution is 8.00. The average molecular weight is 931 g/mol. The van der Waals surface area contributed by atoms with Gasteiger partial charge in [-0.3, -0.25) is 4.90 Å². The van der Waals surface area contributed by atoms with Crippen LogP contribution in [0, 0.1) is 18.7 Å². The van der Waals surface area contributed by atoms with Gasteiger partial charge in [0.15, 0.2) is 5.82 Å². The Kier molecular flexibility index (Phi) is 14.2. The van der Waals surface area contributed by atoms with E-state index in [0.29, 0.717) is 34.2 Å². The van der Waals surface area contributed by atoms with Crippen LogP contribution >= 0.6 is 23.5 Å². The topological polar surface area (TPSA) is 81.3 Å². The molecule has 4 fully saturated rings. The molecular weight excluding hydrogens is 865 g/mol. The van der Waals surface area contributed by atoms with E-state index in [9.17, 15) is 0 Å². The van der Waals surface area contributed by atoms with Crippen LogP contribution < -0.4 is 30.1 Å². The van der Waals surface area contributed by atoms with Gasteiger partial charge in [-0.05, 0) is 118 Å². The number of aryl methyl sites for hydroxylation is 1. The number of para-hydroxylation sites is 1. The molecule has 4 saturated heterocycles. The first-order valence-electron chi connectivity index (χ1n) is 23.7. The Morgan fingerprint density at radius 3 is 2.50 bits per heavy atom. The van der Waals surface area contributed by atoms with Crippen molar-refractivity contribution in [2.75, 3.05) is 96.4 Å². The predicted octanol–water partition coefficient (Wildman–Crippen LogP) is 10.4. The zero-order valence-electron chi connectivity index (χ0n) is 38.7. The van der Waals surface area contributed by atoms with Crippen LogP contribution in [-0.4, -0.2) is 108 Å². The van der Waals surface area contributed by atoms with Gasteiger partial charge in [0.25, 0.3) is 0 Å². The van der Waals surface area contributed by atoms with Crippen LogP contribution in [0.4, 0.5) is 44.6 Å². The van der Waals surface area contributed by atoms with Crippen LogP contribution in [0.15, 0.2) is 105 Å². The fourth-order valence-electron chi connectivity index (χ4n) is 10.6.